The molecule has 0 spiro atoms. The molecular weight excluding hydrogens is 170 g/mol. The van der Waals surface area contributed by atoms with Gasteiger partial charge in [0, 0.05) is 10.9 Å². The summed E-state index contributed by atoms with van der Waals surface area (Å²) in [5.74, 6) is 2.43. The van der Waals surface area contributed by atoms with Crippen LogP contribution in [0.4, 0.5) is 0 Å². The lowest BCUT2D eigenvalue weighted by atomic mass is 9.54. The number of nitrogens with two attached hydrogens (primary N) is 1. The molecule has 2 heteroatoms. The Balaban J connectivity index is 1.95. The predicted molar refractivity (Wildman–Crippen MR) is 50.1 cm³/mol. The smallest absolute Gasteiger partial charge is 0.0456 e. The highest BCUT2D eigenvalue weighted by molar-refractivity contribution is 6.24. The highest BCUT2D eigenvalue weighted by Crippen LogP contribution is 2.57. The molecule has 0 amide bonds. The van der Waals surface area contributed by atoms with Gasteiger partial charge in [-0.25, -0.2) is 0 Å². The molecule has 4 aliphatic carbocycles. The second kappa shape index (κ2) is 2.19. The van der Waals surface area contributed by atoms with Crippen LogP contribution in [0.25, 0.3) is 0 Å². The average molecular weight is 186 g/mol. The molecule has 0 aliphatic heterocycles. The Hall–Kier alpha value is 0.250. The van der Waals surface area contributed by atoms with Crippen molar-refractivity contribution in [1.29, 1.82) is 0 Å². The van der Waals surface area contributed by atoms with E-state index in [1.807, 2.05) is 0 Å². The van der Waals surface area contributed by atoms with Gasteiger partial charge in [-0.15, -0.1) is 11.6 Å². The molecule has 2 atom stereocenters. The van der Waals surface area contributed by atoms with Gasteiger partial charge >= 0.3 is 0 Å². The molecule has 0 radical (unpaired) electrons. The highest BCUT2D eigenvalue weighted by atomic mass is 35.5. The van der Waals surface area contributed by atoms with Crippen LogP contribution in [0.15, 0.2) is 0 Å². The summed E-state index contributed by atoms with van der Waals surface area (Å²) in [4.78, 5) is 0.173. The molecule has 0 aromatic carbocycles. The van der Waals surface area contributed by atoms with Gasteiger partial charge in [-0.2, -0.15) is 0 Å². The van der Waals surface area contributed by atoms with E-state index in [0.717, 1.165) is 17.8 Å². The molecular formula is C10H16ClN. The van der Waals surface area contributed by atoms with E-state index in [0.29, 0.717) is 6.04 Å². The number of halogens is 1. The third-order valence-electron chi connectivity index (χ3n) is 4.27. The molecule has 68 valence electrons. The molecule has 4 saturated carbocycles. The van der Waals surface area contributed by atoms with Crippen molar-refractivity contribution in [2.45, 2.75) is 43.0 Å². The molecule has 0 aromatic heterocycles. The van der Waals surface area contributed by atoms with Crippen LogP contribution in [0.1, 0.15) is 32.1 Å². The van der Waals surface area contributed by atoms with Crippen LogP contribution in [0, 0.1) is 17.8 Å². The Morgan fingerprint density at radius 2 is 1.67 bits per heavy atom. The van der Waals surface area contributed by atoms with E-state index < -0.39 is 0 Å². The first-order valence-electron chi connectivity index (χ1n) is 5.11. The van der Waals surface area contributed by atoms with Crippen molar-refractivity contribution in [2.24, 2.45) is 23.5 Å². The Morgan fingerprint density at radius 3 is 2.17 bits per heavy atom. The SMILES string of the molecule is NC1[C@H]2CC3C[C@H]1CC(Cl)(C3)C2. The van der Waals surface area contributed by atoms with Gasteiger partial charge in [-0.3, -0.25) is 0 Å². The molecule has 4 aliphatic rings. The summed E-state index contributed by atoms with van der Waals surface area (Å²) >= 11 is 6.54. The number of rotatable bonds is 0. The third kappa shape index (κ3) is 0.898. The normalized spacial score (nSPS) is 62.5. The first kappa shape index (κ1) is 7.64. The van der Waals surface area contributed by atoms with Crippen LogP contribution >= 0.6 is 11.6 Å². The van der Waals surface area contributed by atoms with Gasteiger partial charge in [0.05, 0.1) is 0 Å². The summed E-state index contributed by atoms with van der Waals surface area (Å²) in [6, 6.07) is 0.480. The lowest BCUT2D eigenvalue weighted by Gasteiger charge is -2.56. The summed E-state index contributed by atoms with van der Waals surface area (Å²) in [6.45, 7) is 0. The van der Waals surface area contributed by atoms with Gasteiger partial charge in [0.25, 0.3) is 0 Å². The molecule has 0 unspecified atom stereocenters. The van der Waals surface area contributed by atoms with Crippen molar-refractivity contribution in [3.8, 4) is 0 Å². The fourth-order valence-electron chi connectivity index (χ4n) is 3.96. The Kier molecular flexibility index (Phi) is 1.39. The lowest BCUT2D eigenvalue weighted by molar-refractivity contribution is 0.0144. The largest absolute Gasteiger partial charge is 0.327 e. The number of alkyl halides is 1. The number of hydrogen-bond acceptors (Lipinski definition) is 1. The maximum Gasteiger partial charge on any atom is 0.0456 e. The molecule has 0 aromatic rings. The maximum absolute atomic E-state index is 6.54. The van der Waals surface area contributed by atoms with Crippen molar-refractivity contribution >= 4 is 11.6 Å². The summed E-state index contributed by atoms with van der Waals surface area (Å²) in [7, 11) is 0. The maximum atomic E-state index is 6.54. The molecule has 0 saturated heterocycles. The fourth-order valence-corrected chi connectivity index (χ4v) is 4.58. The topological polar surface area (TPSA) is 26.0 Å². The fraction of sp³-hybridized carbons (Fsp3) is 1.00. The van der Waals surface area contributed by atoms with Crippen molar-refractivity contribution < 1.29 is 0 Å². The van der Waals surface area contributed by atoms with Gasteiger partial charge in [0.1, 0.15) is 0 Å². The molecule has 1 nitrogen and oxygen atoms in total. The Labute approximate surface area is 78.6 Å². The molecule has 4 rings (SSSR count). The minimum atomic E-state index is 0.173. The second-order valence-corrected chi connectivity index (χ2v) is 6.00. The average Bonchev–Trinajstić information content (AvgIpc) is 1.96. The summed E-state index contributed by atoms with van der Waals surface area (Å²) in [5, 5.41) is 0. The lowest BCUT2D eigenvalue weighted by Crippen LogP contribution is -2.57. The Bertz CT molecular complexity index is 200. The first-order chi connectivity index (χ1) is 5.66. The van der Waals surface area contributed by atoms with Gasteiger partial charge in [-0.1, -0.05) is 0 Å². The summed E-state index contributed by atoms with van der Waals surface area (Å²) in [6.07, 6.45) is 6.40. The van der Waals surface area contributed by atoms with Gasteiger partial charge in [0.15, 0.2) is 0 Å². The van der Waals surface area contributed by atoms with Gasteiger partial charge in [-0.05, 0) is 49.9 Å². The second-order valence-electron chi connectivity index (χ2n) is 5.20. The third-order valence-corrected chi connectivity index (χ3v) is 4.73. The summed E-state index contributed by atoms with van der Waals surface area (Å²) in [5.41, 5.74) is 6.17. The van der Waals surface area contributed by atoms with Crippen LogP contribution in [-0.4, -0.2) is 10.9 Å². The highest BCUT2D eigenvalue weighted by Gasteiger charge is 2.53. The quantitative estimate of drug-likeness (QED) is 0.575. The zero-order valence-corrected chi connectivity index (χ0v) is 8.06. The van der Waals surface area contributed by atoms with Crippen molar-refractivity contribution in [3.05, 3.63) is 0 Å². The molecule has 4 bridgehead atoms. The molecule has 0 heterocycles. The van der Waals surface area contributed by atoms with Crippen LogP contribution in [0.5, 0.6) is 0 Å². The van der Waals surface area contributed by atoms with E-state index in [1.165, 1.54) is 32.1 Å². The first-order valence-corrected chi connectivity index (χ1v) is 5.49. The minimum absolute atomic E-state index is 0.173. The molecule has 12 heavy (non-hydrogen) atoms. The number of hydrogen-bond donors (Lipinski definition) is 1. The van der Waals surface area contributed by atoms with Crippen molar-refractivity contribution in [1.82, 2.24) is 0 Å². The Morgan fingerprint density at radius 1 is 1.08 bits per heavy atom. The van der Waals surface area contributed by atoms with Crippen LogP contribution in [0.2, 0.25) is 0 Å². The van der Waals surface area contributed by atoms with E-state index in [2.05, 4.69) is 0 Å². The van der Waals surface area contributed by atoms with Gasteiger partial charge in [0.2, 0.25) is 0 Å². The van der Waals surface area contributed by atoms with E-state index in [9.17, 15) is 0 Å². The van der Waals surface area contributed by atoms with Crippen molar-refractivity contribution in [3.63, 3.8) is 0 Å². The predicted octanol–water partition coefficient (Wildman–Crippen LogP) is 2.13. The minimum Gasteiger partial charge on any atom is -0.327 e. The zero-order valence-electron chi connectivity index (χ0n) is 7.30. The van der Waals surface area contributed by atoms with Gasteiger partial charge < -0.3 is 5.73 Å². The summed E-state index contributed by atoms with van der Waals surface area (Å²) < 4.78 is 0. The van der Waals surface area contributed by atoms with Crippen LogP contribution < -0.4 is 5.73 Å². The standard InChI is InChI=1S/C10H16ClN/c11-10-3-6-1-7(4-10)9(12)8(2-6)5-10/h6-9H,1-5,12H2/t6?,7-,8-,9?,10?/m0/s1. The van der Waals surface area contributed by atoms with Crippen LogP contribution in [-0.2, 0) is 0 Å². The van der Waals surface area contributed by atoms with E-state index >= 15 is 0 Å². The van der Waals surface area contributed by atoms with Crippen LogP contribution in [0.3, 0.4) is 0 Å². The zero-order chi connectivity index (χ0) is 8.34. The van der Waals surface area contributed by atoms with Crippen molar-refractivity contribution in [2.75, 3.05) is 0 Å². The molecule has 2 N–H and O–H groups in total. The van der Waals surface area contributed by atoms with E-state index in [4.69, 9.17) is 17.3 Å². The monoisotopic (exact) mass is 185 g/mol. The van der Waals surface area contributed by atoms with E-state index in [-0.39, 0.29) is 4.87 Å². The molecule has 4 fully saturated rings. The van der Waals surface area contributed by atoms with E-state index in [1.54, 1.807) is 0 Å².